The van der Waals surface area contributed by atoms with Crippen LogP contribution in [0.4, 0.5) is 0 Å². The van der Waals surface area contributed by atoms with Crippen LogP contribution in [0.2, 0.25) is 0 Å². The molecule has 1 fully saturated rings. The molecule has 0 radical (unpaired) electrons. The van der Waals surface area contributed by atoms with Gasteiger partial charge in [-0.3, -0.25) is 14.3 Å². The van der Waals surface area contributed by atoms with Gasteiger partial charge in [-0.1, -0.05) is 19.3 Å². The quantitative estimate of drug-likeness (QED) is 0.391. The minimum Gasteiger partial charge on any atom is -0.451 e. The van der Waals surface area contributed by atoms with Crippen LogP contribution in [0.25, 0.3) is 33.9 Å². The summed E-state index contributed by atoms with van der Waals surface area (Å²) < 4.78 is 7.70. The molecule has 1 aliphatic carbocycles. The number of aromatic amines is 1. The average molecular weight is 475 g/mol. The first-order valence-electron chi connectivity index (χ1n) is 12.1. The predicted octanol–water partition coefficient (Wildman–Crippen LogP) is 3.96. The summed E-state index contributed by atoms with van der Waals surface area (Å²) in [5, 5.41) is 9.98. The Balaban J connectivity index is 1.36. The number of benzene rings is 1. The molecule has 1 aliphatic rings. The summed E-state index contributed by atoms with van der Waals surface area (Å²) in [7, 11) is 3.49. The van der Waals surface area contributed by atoms with Crippen LogP contribution >= 0.6 is 0 Å². The third-order valence-corrected chi connectivity index (χ3v) is 6.78. The Labute approximate surface area is 203 Å². The van der Waals surface area contributed by atoms with Gasteiger partial charge in [0, 0.05) is 19.7 Å². The van der Waals surface area contributed by atoms with Gasteiger partial charge in [0.1, 0.15) is 17.5 Å². The second-order valence-electron chi connectivity index (χ2n) is 9.24. The van der Waals surface area contributed by atoms with Crippen molar-refractivity contribution in [3.63, 3.8) is 0 Å². The van der Waals surface area contributed by atoms with Gasteiger partial charge in [0.25, 0.3) is 5.91 Å². The molecule has 35 heavy (non-hydrogen) atoms. The first-order chi connectivity index (χ1) is 16.9. The summed E-state index contributed by atoms with van der Waals surface area (Å²) in [5.41, 5.74) is 4.33. The Kier molecular flexibility index (Phi) is 6.15. The molecular weight excluding hydrogens is 444 g/mol. The van der Waals surface area contributed by atoms with E-state index in [0.717, 1.165) is 59.5 Å². The molecule has 0 unspecified atom stereocenters. The van der Waals surface area contributed by atoms with Crippen LogP contribution < -0.4 is 10.6 Å². The fourth-order valence-corrected chi connectivity index (χ4v) is 4.96. The Morgan fingerprint density at radius 3 is 2.66 bits per heavy atom. The van der Waals surface area contributed by atoms with Gasteiger partial charge in [0.2, 0.25) is 5.91 Å². The Morgan fingerprint density at radius 1 is 1.14 bits per heavy atom. The highest BCUT2D eigenvalue weighted by Gasteiger charge is 2.31. The van der Waals surface area contributed by atoms with Crippen LogP contribution in [-0.4, -0.2) is 44.7 Å². The molecule has 0 bridgehead atoms. The number of nitrogens with zero attached hydrogens (tertiary/aromatic N) is 3. The van der Waals surface area contributed by atoms with Crippen molar-refractivity contribution in [2.75, 3.05) is 7.05 Å². The SMILES string of the molecule is CNC(=O)[C@@H](NC(=O)c1ccc(-c2ccc3nc(-c4cc(C)nn4C)[nH]c3c2)o1)C1CCCCC1. The Bertz CT molecular complexity index is 1370. The molecular formula is C26H30N6O3. The topological polar surface area (TPSA) is 118 Å². The lowest BCUT2D eigenvalue weighted by molar-refractivity contribution is -0.124. The number of aromatic nitrogens is 4. The number of carbonyl (C=O) groups is 2. The summed E-state index contributed by atoms with van der Waals surface area (Å²) >= 11 is 0. The molecule has 5 rings (SSSR count). The van der Waals surface area contributed by atoms with Gasteiger partial charge in [-0.15, -0.1) is 0 Å². The number of likely N-dealkylation sites (N-methyl/N-ethyl adjacent to an activating group) is 1. The van der Waals surface area contributed by atoms with Gasteiger partial charge in [-0.25, -0.2) is 4.98 Å². The van der Waals surface area contributed by atoms with E-state index in [9.17, 15) is 9.59 Å². The number of rotatable bonds is 6. The minimum absolute atomic E-state index is 0.141. The van der Waals surface area contributed by atoms with E-state index in [2.05, 4.69) is 25.7 Å². The summed E-state index contributed by atoms with van der Waals surface area (Å²) in [4.78, 5) is 33.5. The van der Waals surface area contributed by atoms with E-state index in [1.807, 2.05) is 38.2 Å². The van der Waals surface area contributed by atoms with Crippen LogP contribution in [0.1, 0.15) is 48.4 Å². The molecule has 1 aromatic carbocycles. The zero-order valence-electron chi connectivity index (χ0n) is 20.2. The maximum absolute atomic E-state index is 13.0. The normalized spacial score (nSPS) is 15.3. The van der Waals surface area contributed by atoms with Gasteiger partial charge >= 0.3 is 0 Å². The van der Waals surface area contributed by atoms with E-state index in [-0.39, 0.29) is 23.5 Å². The third kappa shape index (κ3) is 4.58. The van der Waals surface area contributed by atoms with E-state index in [0.29, 0.717) is 5.76 Å². The maximum atomic E-state index is 13.0. The van der Waals surface area contributed by atoms with E-state index < -0.39 is 6.04 Å². The molecule has 3 aromatic heterocycles. The number of carbonyl (C=O) groups excluding carboxylic acids is 2. The number of nitrogens with one attached hydrogen (secondary N) is 3. The average Bonchev–Trinajstić information content (AvgIpc) is 3.60. The monoisotopic (exact) mass is 474 g/mol. The van der Waals surface area contributed by atoms with Gasteiger partial charge in [-0.05, 0) is 62.1 Å². The lowest BCUT2D eigenvalue weighted by Crippen LogP contribution is -2.50. The molecule has 9 heteroatoms. The molecule has 0 aliphatic heterocycles. The predicted molar refractivity (Wildman–Crippen MR) is 133 cm³/mol. The zero-order chi connectivity index (χ0) is 24.5. The van der Waals surface area contributed by atoms with Crippen LogP contribution in [0.15, 0.2) is 40.8 Å². The van der Waals surface area contributed by atoms with Crippen LogP contribution in [0, 0.1) is 12.8 Å². The standard InChI is InChI=1S/C26H30N6O3/c1-15-13-20(32(3)31-15)24-28-18-10-9-17(14-19(18)29-24)21-11-12-22(35-21)25(33)30-23(26(34)27-2)16-7-5-4-6-8-16/h9-14,16,23H,4-8H2,1-3H3,(H,27,34)(H,28,29)(H,30,33)/t23-/m0/s1. The molecule has 2 amide bonds. The molecule has 9 nitrogen and oxygen atoms in total. The number of imidazole rings is 1. The van der Waals surface area contributed by atoms with E-state index in [4.69, 9.17) is 4.42 Å². The molecule has 0 spiro atoms. The van der Waals surface area contributed by atoms with E-state index in [1.165, 1.54) is 6.42 Å². The third-order valence-electron chi connectivity index (χ3n) is 6.78. The van der Waals surface area contributed by atoms with Crippen molar-refractivity contribution in [3.05, 3.63) is 47.9 Å². The number of aryl methyl sites for hydroxylation is 2. The number of H-pyrrole nitrogens is 1. The van der Waals surface area contributed by atoms with Crippen molar-refractivity contribution in [2.45, 2.75) is 45.1 Å². The minimum atomic E-state index is -0.559. The first kappa shape index (κ1) is 22.9. The van der Waals surface area contributed by atoms with Crippen molar-refractivity contribution in [1.29, 1.82) is 0 Å². The zero-order valence-corrected chi connectivity index (χ0v) is 20.2. The van der Waals surface area contributed by atoms with Crippen LogP contribution in [0.5, 0.6) is 0 Å². The van der Waals surface area contributed by atoms with Crippen molar-refractivity contribution in [1.82, 2.24) is 30.4 Å². The smallest absolute Gasteiger partial charge is 0.287 e. The Morgan fingerprint density at radius 2 is 1.94 bits per heavy atom. The summed E-state index contributed by atoms with van der Waals surface area (Å²) in [6, 6.07) is 10.6. The van der Waals surface area contributed by atoms with E-state index >= 15 is 0 Å². The maximum Gasteiger partial charge on any atom is 0.287 e. The van der Waals surface area contributed by atoms with Crippen LogP contribution in [-0.2, 0) is 11.8 Å². The largest absolute Gasteiger partial charge is 0.451 e. The second kappa shape index (κ2) is 9.40. The van der Waals surface area contributed by atoms with Gasteiger partial charge in [-0.2, -0.15) is 5.10 Å². The molecule has 3 heterocycles. The van der Waals surface area contributed by atoms with E-state index in [1.54, 1.807) is 23.9 Å². The summed E-state index contributed by atoms with van der Waals surface area (Å²) in [6.45, 7) is 1.95. The number of hydrogen-bond acceptors (Lipinski definition) is 5. The molecule has 4 aromatic rings. The lowest BCUT2D eigenvalue weighted by Gasteiger charge is -2.29. The van der Waals surface area contributed by atoms with Gasteiger partial charge < -0.3 is 20.0 Å². The van der Waals surface area contributed by atoms with Crippen molar-refractivity contribution < 1.29 is 14.0 Å². The number of fused-ring (bicyclic) bond motifs is 1. The fourth-order valence-electron chi connectivity index (χ4n) is 4.96. The highest BCUT2D eigenvalue weighted by molar-refractivity contribution is 5.96. The number of furan rings is 1. The lowest BCUT2D eigenvalue weighted by atomic mass is 9.83. The number of hydrogen-bond donors (Lipinski definition) is 3. The second-order valence-corrected chi connectivity index (χ2v) is 9.24. The van der Waals surface area contributed by atoms with Crippen molar-refractivity contribution >= 4 is 22.8 Å². The Hall–Kier alpha value is -3.88. The van der Waals surface area contributed by atoms with Crippen molar-refractivity contribution in [2.24, 2.45) is 13.0 Å². The van der Waals surface area contributed by atoms with Gasteiger partial charge in [0.05, 0.1) is 16.7 Å². The molecule has 1 saturated carbocycles. The van der Waals surface area contributed by atoms with Crippen LogP contribution in [0.3, 0.4) is 0 Å². The molecule has 0 saturated heterocycles. The first-order valence-corrected chi connectivity index (χ1v) is 12.1. The van der Waals surface area contributed by atoms with Crippen molar-refractivity contribution in [3.8, 4) is 22.8 Å². The summed E-state index contributed by atoms with van der Waals surface area (Å²) in [6.07, 6.45) is 5.21. The molecule has 1 atom stereocenters. The highest BCUT2D eigenvalue weighted by atomic mass is 16.4. The fraction of sp³-hybridized carbons (Fsp3) is 0.385. The molecule has 3 N–H and O–H groups in total. The van der Waals surface area contributed by atoms with Gasteiger partial charge in [0.15, 0.2) is 11.6 Å². The highest BCUT2D eigenvalue weighted by Crippen LogP contribution is 2.29. The molecule has 182 valence electrons. The summed E-state index contributed by atoms with van der Waals surface area (Å²) in [5.74, 6) is 1.08. The number of amides is 2.